The van der Waals surface area contributed by atoms with Crippen molar-refractivity contribution in [2.75, 3.05) is 26.8 Å². The number of piperidine rings is 1. The minimum absolute atomic E-state index is 0.0681. The molecule has 7 rings (SSSR count). The monoisotopic (exact) mass is 596 g/mol. The molecule has 44 heavy (non-hydrogen) atoms. The molecular weight excluding hydrogens is 556 g/mol. The third-order valence-electron chi connectivity index (χ3n) is 9.81. The molecule has 2 aromatic carbocycles. The summed E-state index contributed by atoms with van der Waals surface area (Å²) < 4.78 is 11.8. The predicted octanol–water partition coefficient (Wildman–Crippen LogP) is 4.57. The highest BCUT2D eigenvalue weighted by molar-refractivity contribution is 6.05. The number of hydrogen-bond acceptors (Lipinski definition) is 7. The smallest absolute Gasteiger partial charge is 0.255 e. The van der Waals surface area contributed by atoms with Gasteiger partial charge in [0.15, 0.2) is 0 Å². The van der Waals surface area contributed by atoms with Gasteiger partial charge in [-0.05, 0) is 85.5 Å². The summed E-state index contributed by atoms with van der Waals surface area (Å²) in [7, 11) is 1.80. The van der Waals surface area contributed by atoms with Gasteiger partial charge < -0.3 is 14.4 Å². The first-order chi connectivity index (χ1) is 21.4. The van der Waals surface area contributed by atoms with E-state index in [1.54, 1.807) is 18.1 Å². The Morgan fingerprint density at radius 1 is 1.00 bits per heavy atom. The number of benzene rings is 2. The number of nitrogens with one attached hydrogen (secondary N) is 1. The van der Waals surface area contributed by atoms with Crippen molar-refractivity contribution in [3.05, 3.63) is 70.9 Å². The highest BCUT2D eigenvalue weighted by Gasteiger charge is 2.39. The number of rotatable bonds is 8. The normalized spacial score (nSPS) is 25.8. The molecule has 3 fully saturated rings. The van der Waals surface area contributed by atoms with Gasteiger partial charge in [0.05, 0.1) is 5.52 Å². The number of fused-ring (bicyclic) bond motifs is 2. The molecule has 1 N–H and O–H groups in total. The van der Waals surface area contributed by atoms with Crippen molar-refractivity contribution in [3.8, 4) is 5.75 Å². The SMILES string of the molecule is COC[C@@H]1CCC[C@H](c2ccc3cc(CN4CCC(Oc5ccc6c(c5)CN(C5CCC(=O)NC5=O)C6=O)C4)ccc3n2)C1. The molecule has 4 heterocycles. The molecule has 1 saturated carbocycles. The van der Waals surface area contributed by atoms with Crippen molar-refractivity contribution >= 4 is 28.6 Å². The van der Waals surface area contributed by atoms with Crippen LogP contribution in [0, 0.1) is 5.92 Å². The van der Waals surface area contributed by atoms with E-state index >= 15 is 0 Å². The summed E-state index contributed by atoms with van der Waals surface area (Å²) in [6.07, 6.45) is 6.47. The van der Waals surface area contributed by atoms with Crippen LogP contribution >= 0.6 is 0 Å². The summed E-state index contributed by atoms with van der Waals surface area (Å²) in [4.78, 5) is 46.0. The van der Waals surface area contributed by atoms with Crippen LogP contribution in [0.25, 0.3) is 10.9 Å². The second-order valence-corrected chi connectivity index (χ2v) is 12.9. The van der Waals surface area contributed by atoms with Crippen molar-refractivity contribution in [1.29, 1.82) is 0 Å². The van der Waals surface area contributed by atoms with Crippen LogP contribution in [0.5, 0.6) is 5.75 Å². The molecule has 4 atom stereocenters. The lowest BCUT2D eigenvalue weighted by Gasteiger charge is -2.29. The van der Waals surface area contributed by atoms with Crippen LogP contribution < -0.4 is 10.1 Å². The van der Waals surface area contributed by atoms with Crippen molar-refractivity contribution < 1.29 is 23.9 Å². The second-order valence-electron chi connectivity index (χ2n) is 12.9. The number of hydrogen-bond donors (Lipinski definition) is 1. The number of imide groups is 1. The average molecular weight is 597 g/mol. The Hall–Kier alpha value is -3.82. The number of nitrogens with zero attached hydrogens (tertiary/aromatic N) is 3. The van der Waals surface area contributed by atoms with E-state index in [1.807, 2.05) is 12.1 Å². The lowest BCUT2D eigenvalue weighted by atomic mass is 9.80. The number of carbonyl (C=O) groups is 3. The van der Waals surface area contributed by atoms with Gasteiger partial charge in [0.25, 0.3) is 5.91 Å². The van der Waals surface area contributed by atoms with Crippen LogP contribution in [0.3, 0.4) is 0 Å². The minimum Gasteiger partial charge on any atom is -0.489 e. The van der Waals surface area contributed by atoms with Crippen LogP contribution in [-0.4, -0.2) is 71.5 Å². The standard InChI is InChI=1S/C35H40N4O5/c1-43-21-23-3-2-4-24(16-23)31-10-6-25-15-22(5-9-30(25)36-31)18-38-14-13-28(20-38)44-27-7-8-29-26(17-27)19-39(35(29)42)32-11-12-33(40)37-34(32)41/h5-10,15,17,23-24,28,32H,2-4,11-14,16,18-21H2,1H3,(H,37,40,41)/t23-,24+,28?,32?/m1/s1. The Morgan fingerprint density at radius 3 is 2.77 bits per heavy atom. The summed E-state index contributed by atoms with van der Waals surface area (Å²) in [5, 5.41) is 3.54. The van der Waals surface area contributed by atoms with Gasteiger partial charge in [-0.25, -0.2) is 0 Å². The molecule has 3 amide bonds. The molecule has 0 spiro atoms. The Kier molecular flexibility index (Phi) is 8.08. The van der Waals surface area contributed by atoms with E-state index in [1.165, 1.54) is 35.9 Å². The predicted molar refractivity (Wildman–Crippen MR) is 165 cm³/mol. The van der Waals surface area contributed by atoms with Gasteiger partial charge in [-0.15, -0.1) is 0 Å². The molecule has 9 heteroatoms. The summed E-state index contributed by atoms with van der Waals surface area (Å²) in [6, 6.07) is 16.1. The van der Waals surface area contributed by atoms with Gasteiger partial charge in [0.2, 0.25) is 11.8 Å². The van der Waals surface area contributed by atoms with Gasteiger partial charge >= 0.3 is 0 Å². The van der Waals surface area contributed by atoms with Gasteiger partial charge in [-0.2, -0.15) is 0 Å². The molecular formula is C35H40N4O5. The van der Waals surface area contributed by atoms with Gasteiger partial charge in [-0.1, -0.05) is 18.6 Å². The zero-order valence-electron chi connectivity index (χ0n) is 25.3. The number of ether oxygens (including phenoxy) is 2. The van der Waals surface area contributed by atoms with Crippen molar-refractivity contribution in [1.82, 2.24) is 20.1 Å². The molecule has 2 saturated heterocycles. The average Bonchev–Trinajstić information content (AvgIpc) is 3.60. The molecule has 9 nitrogen and oxygen atoms in total. The molecule has 3 aromatic rings. The van der Waals surface area contributed by atoms with E-state index in [0.29, 0.717) is 30.4 Å². The van der Waals surface area contributed by atoms with Gasteiger partial charge in [0.1, 0.15) is 17.9 Å². The first-order valence-electron chi connectivity index (χ1n) is 16.0. The summed E-state index contributed by atoms with van der Waals surface area (Å²) in [6.45, 7) is 3.84. The summed E-state index contributed by atoms with van der Waals surface area (Å²) >= 11 is 0. The van der Waals surface area contributed by atoms with Crippen LogP contribution in [0.2, 0.25) is 0 Å². The fraction of sp³-hybridized carbons (Fsp3) is 0.486. The maximum atomic E-state index is 13.0. The Bertz CT molecular complexity index is 1590. The first-order valence-corrected chi connectivity index (χ1v) is 16.0. The van der Waals surface area contributed by atoms with Gasteiger partial charge in [0, 0.05) is 68.9 Å². The van der Waals surface area contributed by atoms with Crippen molar-refractivity contribution in [2.24, 2.45) is 5.92 Å². The molecule has 0 bridgehead atoms. The first kappa shape index (κ1) is 28.9. The number of aromatic nitrogens is 1. The topological polar surface area (TPSA) is 101 Å². The fourth-order valence-corrected chi connectivity index (χ4v) is 7.57. The van der Waals surface area contributed by atoms with Crippen LogP contribution in [-0.2, 0) is 27.4 Å². The Morgan fingerprint density at radius 2 is 1.91 bits per heavy atom. The van der Waals surface area contributed by atoms with E-state index in [2.05, 4.69) is 40.5 Å². The molecule has 0 radical (unpaired) electrons. The maximum Gasteiger partial charge on any atom is 0.255 e. The lowest BCUT2D eigenvalue weighted by molar-refractivity contribution is -0.136. The van der Waals surface area contributed by atoms with E-state index in [9.17, 15) is 14.4 Å². The molecule has 230 valence electrons. The van der Waals surface area contributed by atoms with Crippen LogP contribution in [0.15, 0.2) is 48.5 Å². The second kappa shape index (κ2) is 12.3. The zero-order chi connectivity index (χ0) is 30.2. The number of carbonyl (C=O) groups excluding carboxylic acids is 3. The van der Waals surface area contributed by atoms with E-state index in [0.717, 1.165) is 55.9 Å². The maximum absolute atomic E-state index is 13.0. The van der Waals surface area contributed by atoms with Crippen molar-refractivity contribution in [3.63, 3.8) is 0 Å². The molecule has 1 aliphatic carbocycles. The van der Waals surface area contributed by atoms with Gasteiger partial charge in [-0.3, -0.25) is 29.6 Å². The quantitative estimate of drug-likeness (QED) is 0.380. The highest BCUT2D eigenvalue weighted by atomic mass is 16.5. The number of methoxy groups -OCH3 is 1. The van der Waals surface area contributed by atoms with Crippen LogP contribution in [0.4, 0.5) is 0 Å². The number of pyridine rings is 1. The third kappa shape index (κ3) is 5.95. The Balaban J connectivity index is 0.947. The molecule has 4 aliphatic rings. The van der Waals surface area contributed by atoms with Crippen LogP contribution in [0.1, 0.15) is 78.0 Å². The minimum atomic E-state index is -0.612. The molecule has 1 aromatic heterocycles. The summed E-state index contributed by atoms with van der Waals surface area (Å²) in [5.41, 5.74) is 5.01. The zero-order valence-corrected chi connectivity index (χ0v) is 25.3. The molecule has 2 unspecified atom stereocenters. The lowest BCUT2D eigenvalue weighted by Crippen LogP contribution is -2.52. The molecule has 3 aliphatic heterocycles. The van der Waals surface area contributed by atoms with E-state index in [4.69, 9.17) is 14.5 Å². The van der Waals surface area contributed by atoms with Crippen molar-refractivity contribution in [2.45, 2.75) is 76.1 Å². The van der Waals surface area contributed by atoms with E-state index < -0.39 is 11.9 Å². The number of likely N-dealkylation sites (tertiary alicyclic amines) is 1. The Labute approximate surface area is 257 Å². The highest BCUT2D eigenvalue weighted by Crippen LogP contribution is 2.36. The summed E-state index contributed by atoms with van der Waals surface area (Å²) in [5.74, 6) is 1.05. The largest absolute Gasteiger partial charge is 0.489 e. The third-order valence-corrected chi connectivity index (χ3v) is 9.81. The van der Waals surface area contributed by atoms with E-state index in [-0.39, 0.29) is 24.3 Å². The number of amides is 3. The fourth-order valence-electron chi connectivity index (χ4n) is 7.57.